The largest absolute Gasteiger partial charge is 0.339 e. The van der Waals surface area contributed by atoms with E-state index in [-0.39, 0.29) is 11.7 Å². The van der Waals surface area contributed by atoms with Crippen molar-refractivity contribution in [2.24, 2.45) is 0 Å². The molecule has 0 N–H and O–H groups in total. The minimum absolute atomic E-state index is 0.248. The summed E-state index contributed by atoms with van der Waals surface area (Å²) in [7, 11) is 0. The lowest BCUT2D eigenvalue weighted by molar-refractivity contribution is -0.134. The second-order valence-electron chi connectivity index (χ2n) is 9.57. The monoisotopic (exact) mass is 451 g/mol. The third-order valence-corrected chi connectivity index (χ3v) is 7.45. The number of aromatic nitrogens is 2. The van der Waals surface area contributed by atoms with Crippen LogP contribution in [0.3, 0.4) is 0 Å². The smallest absolute Gasteiger partial charge is 0.236 e. The van der Waals surface area contributed by atoms with Gasteiger partial charge in [-0.2, -0.15) is 5.10 Å². The molecular formula is C26H34FN5O. The zero-order chi connectivity index (χ0) is 22.6. The second-order valence-corrected chi connectivity index (χ2v) is 9.57. The van der Waals surface area contributed by atoms with Gasteiger partial charge >= 0.3 is 0 Å². The van der Waals surface area contributed by atoms with Gasteiger partial charge in [0, 0.05) is 57.1 Å². The molecule has 1 aromatic heterocycles. The Morgan fingerprint density at radius 1 is 1.00 bits per heavy atom. The van der Waals surface area contributed by atoms with Crippen LogP contribution in [0, 0.1) is 5.82 Å². The summed E-state index contributed by atoms with van der Waals surface area (Å²) in [6.07, 6.45) is 13.7. The van der Waals surface area contributed by atoms with Crippen LogP contribution < -0.4 is 0 Å². The van der Waals surface area contributed by atoms with Crippen molar-refractivity contribution in [1.82, 2.24) is 24.5 Å². The fraction of sp³-hybridized carbons (Fsp3) is 0.538. The molecule has 7 heteroatoms. The number of carbonyl (C=O) groups excluding carboxylic acids is 1. The number of rotatable bonds is 5. The van der Waals surface area contributed by atoms with E-state index < -0.39 is 0 Å². The Morgan fingerprint density at radius 3 is 2.45 bits per heavy atom. The van der Waals surface area contributed by atoms with Crippen molar-refractivity contribution in [2.75, 3.05) is 45.8 Å². The molecule has 0 unspecified atom stereocenters. The Kier molecular flexibility index (Phi) is 6.88. The predicted octanol–water partition coefficient (Wildman–Crippen LogP) is 3.58. The zero-order valence-electron chi connectivity index (χ0n) is 19.3. The maximum atomic E-state index is 13.2. The molecule has 0 atom stereocenters. The van der Waals surface area contributed by atoms with Crippen molar-refractivity contribution >= 4 is 11.5 Å². The molecule has 1 saturated carbocycles. The Bertz CT molecular complexity index is 971. The van der Waals surface area contributed by atoms with Gasteiger partial charge in [0.05, 0.1) is 18.4 Å². The third kappa shape index (κ3) is 5.36. The summed E-state index contributed by atoms with van der Waals surface area (Å²) >= 11 is 0. The van der Waals surface area contributed by atoms with Gasteiger partial charge in [-0.1, -0.05) is 25.3 Å². The molecule has 1 saturated heterocycles. The number of nitrogens with zero attached hydrogens (tertiary/aromatic N) is 5. The lowest BCUT2D eigenvalue weighted by atomic mass is 9.94. The highest BCUT2D eigenvalue weighted by Crippen LogP contribution is 2.25. The average Bonchev–Trinajstić information content (AvgIpc) is 3.36. The van der Waals surface area contributed by atoms with E-state index in [1.807, 2.05) is 12.4 Å². The molecule has 2 aliphatic heterocycles. The first-order valence-corrected chi connectivity index (χ1v) is 12.4. The van der Waals surface area contributed by atoms with Gasteiger partial charge in [0.1, 0.15) is 5.82 Å². The van der Waals surface area contributed by atoms with Crippen LogP contribution in [-0.2, 0) is 4.79 Å². The van der Waals surface area contributed by atoms with Gasteiger partial charge in [-0.15, -0.1) is 0 Å². The molecule has 1 aromatic carbocycles. The van der Waals surface area contributed by atoms with E-state index >= 15 is 0 Å². The first kappa shape index (κ1) is 22.3. The van der Waals surface area contributed by atoms with Crippen molar-refractivity contribution in [2.45, 2.75) is 44.6 Å². The number of carbonyl (C=O) groups is 1. The van der Waals surface area contributed by atoms with E-state index in [9.17, 15) is 9.18 Å². The van der Waals surface area contributed by atoms with E-state index in [4.69, 9.17) is 0 Å². The summed E-state index contributed by atoms with van der Waals surface area (Å²) in [5, 5.41) is 4.43. The van der Waals surface area contributed by atoms with E-state index in [0.29, 0.717) is 6.54 Å². The highest BCUT2D eigenvalue weighted by atomic mass is 19.1. The summed E-state index contributed by atoms with van der Waals surface area (Å²) in [6, 6.07) is 7.09. The highest BCUT2D eigenvalue weighted by Gasteiger charge is 2.28. The van der Waals surface area contributed by atoms with Gasteiger partial charge in [-0.25, -0.2) is 9.07 Å². The topological polar surface area (TPSA) is 44.6 Å². The van der Waals surface area contributed by atoms with E-state index in [1.54, 1.807) is 16.8 Å². The zero-order valence-corrected chi connectivity index (χ0v) is 19.3. The van der Waals surface area contributed by atoms with Crippen molar-refractivity contribution in [3.05, 3.63) is 54.1 Å². The lowest BCUT2D eigenvalue weighted by Crippen LogP contribution is -2.54. The fourth-order valence-electron chi connectivity index (χ4n) is 5.41. The van der Waals surface area contributed by atoms with Gasteiger partial charge in [-0.3, -0.25) is 14.6 Å². The number of halogens is 1. The van der Waals surface area contributed by atoms with Crippen LogP contribution >= 0.6 is 0 Å². The van der Waals surface area contributed by atoms with Crippen LogP contribution in [-0.4, -0.2) is 82.2 Å². The third-order valence-electron chi connectivity index (χ3n) is 7.45. The maximum Gasteiger partial charge on any atom is 0.236 e. The summed E-state index contributed by atoms with van der Waals surface area (Å²) in [5.74, 6) is 0.0149. The van der Waals surface area contributed by atoms with Crippen molar-refractivity contribution in [3.63, 3.8) is 0 Å². The summed E-state index contributed by atoms with van der Waals surface area (Å²) in [6.45, 7) is 5.95. The number of amides is 1. The molecule has 5 rings (SSSR count). The maximum absolute atomic E-state index is 13.2. The van der Waals surface area contributed by atoms with Crippen LogP contribution in [0.2, 0.25) is 0 Å². The van der Waals surface area contributed by atoms with Gasteiger partial charge in [0.25, 0.3) is 0 Å². The quantitative estimate of drug-likeness (QED) is 0.697. The Labute approximate surface area is 195 Å². The minimum Gasteiger partial charge on any atom is -0.339 e. The van der Waals surface area contributed by atoms with Crippen molar-refractivity contribution < 1.29 is 9.18 Å². The normalized spacial score (nSPS) is 21.2. The van der Waals surface area contributed by atoms with Crippen LogP contribution in [0.25, 0.3) is 11.3 Å². The molecule has 0 bridgehead atoms. The van der Waals surface area contributed by atoms with Gasteiger partial charge in [0.2, 0.25) is 5.91 Å². The second kappa shape index (κ2) is 10.2. The molecule has 0 spiro atoms. The summed E-state index contributed by atoms with van der Waals surface area (Å²) in [4.78, 5) is 19.8. The first-order valence-electron chi connectivity index (χ1n) is 12.4. The first-order chi connectivity index (χ1) is 16.2. The average molecular weight is 452 g/mol. The molecule has 3 aliphatic rings. The van der Waals surface area contributed by atoms with E-state index in [1.165, 1.54) is 49.8 Å². The van der Waals surface area contributed by atoms with Crippen LogP contribution in [0.1, 0.15) is 44.1 Å². The molecule has 1 aliphatic carbocycles. The molecule has 6 nitrogen and oxygen atoms in total. The van der Waals surface area contributed by atoms with Crippen molar-refractivity contribution in [1.29, 1.82) is 0 Å². The van der Waals surface area contributed by atoms with Crippen LogP contribution in [0.4, 0.5) is 4.39 Å². The minimum atomic E-state index is -0.248. The molecule has 2 aromatic rings. The number of benzene rings is 1. The fourth-order valence-corrected chi connectivity index (χ4v) is 5.41. The molecule has 1 amide bonds. The predicted molar refractivity (Wildman–Crippen MR) is 128 cm³/mol. The van der Waals surface area contributed by atoms with Gasteiger partial charge in [0.15, 0.2) is 0 Å². The van der Waals surface area contributed by atoms with E-state index in [2.05, 4.69) is 25.9 Å². The summed E-state index contributed by atoms with van der Waals surface area (Å²) < 4.78 is 14.9. The van der Waals surface area contributed by atoms with Gasteiger partial charge < -0.3 is 4.90 Å². The van der Waals surface area contributed by atoms with Crippen molar-refractivity contribution in [3.8, 4) is 5.69 Å². The number of hydrogen-bond donors (Lipinski definition) is 0. The standard InChI is InChI=1S/C26H34FN5O/c27-23-6-8-25(9-7-23)32-19-22(18-28-32)21-10-12-29(13-11-21)20-26(33)31-16-14-30(15-17-31)24-4-2-1-3-5-24/h6-10,18-19,24H,1-5,11-17,20H2. The molecular weight excluding hydrogens is 417 g/mol. The SMILES string of the molecule is O=C(CN1CC=C(c2cnn(-c3ccc(F)cc3)c2)CC1)N1CCN(C2CCCCC2)CC1. The Hall–Kier alpha value is -2.51. The summed E-state index contributed by atoms with van der Waals surface area (Å²) in [5.41, 5.74) is 3.19. The molecule has 0 radical (unpaired) electrons. The number of piperazine rings is 1. The highest BCUT2D eigenvalue weighted by molar-refractivity contribution is 5.78. The van der Waals surface area contributed by atoms with Crippen LogP contribution in [0.5, 0.6) is 0 Å². The van der Waals surface area contributed by atoms with Crippen LogP contribution in [0.15, 0.2) is 42.7 Å². The number of hydrogen-bond acceptors (Lipinski definition) is 4. The molecule has 2 fully saturated rings. The van der Waals surface area contributed by atoms with E-state index in [0.717, 1.165) is 63.0 Å². The Morgan fingerprint density at radius 2 is 1.76 bits per heavy atom. The molecule has 3 heterocycles. The molecule has 33 heavy (non-hydrogen) atoms. The molecule has 176 valence electrons. The Balaban J connectivity index is 1.10. The lowest BCUT2D eigenvalue weighted by Gasteiger charge is -2.41. The van der Waals surface area contributed by atoms with Gasteiger partial charge in [-0.05, 0) is 49.1 Å².